The number of hydrogen-bond acceptors (Lipinski definition) is 2. The third-order valence-electron chi connectivity index (χ3n) is 3.03. The summed E-state index contributed by atoms with van der Waals surface area (Å²) in [7, 11) is 0. The van der Waals surface area contributed by atoms with Gasteiger partial charge < -0.3 is 9.84 Å². The molecule has 2 atom stereocenters. The Bertz CT molecular complexity index is 319. The van der Waals surface area contributed by atoms with Gasteiger partial charge in [-0.25, -0.2) is 0 Å². The number of aliphatic hydroxyl groups is 1. The van der Waals surface area contributed by atoms with Crippen LogP contribution in [0.4, 0.5) is 26.3 Å². The summed E-state index contributed by atoms with van der Waals surface area (Å²) in [5, 5.41) is 8.93. The highest BCUT2D eigenvalue weighted by Gasteiger charge is 2.73. The zero-order valence-electron chi connectivity index (χ0n) is 10.1. The Morgan fingerprint density at radius 3 is 2.00 bits per heavy atom. The Morgan fingerprint density at radius 2 is 1.58 bits per heavy atom. The van der Waals surface area contributed by atoms with Gasteiger partial charge in [0.25, 0.3) is 0 Å². The second kappa shape index (κ2) is 5.32. The van der Waals surface area contributed by atoms with Gasteiger partial charge >= 0.3 is 18.1 Å². The van der Waals surface area contributed by atoms with Gasteiger partial charge in [-0.2, -0.15) is 26.3 Å². The second-order valence-corrected chi connectivity index (χ2v) is 4.42. The molecule has 1 fully saturated rings. The van der Waals surface area contributed by atoms with Crippen molar-refractivity contribution in [3.63, 3.8) is 0 Å². The van der Waals surface area contributed by atoms with Gasteiger partial charge in [0.15, 0.2) is 0 Å². The molecule has 0 aliphatic heterocycles. The minimum absolute atomic E-state index is 0.0451. The first-order valence-electron chi connectivity index (χ1n) is 5.69. The SMILES string of the molecule is C/C=C\C1CCCC1OC(O)(C(F)(F)F)C(F)(F)F. The molecule has 8 heteroatoms. The van der Waals surface area contributed by atoms with Gasteiger partial charge in [-0.05, 0) is 19.8 Å². The first-order chi connectivity index (χ1) is 8.53. The van der Waals surface area contributed by atoms with E-state index in [2.05, 4.69) is 4.74 Å². The fraction of sp³-hybridized carbons (Fsp3) is 0.818. The van der Waals surface area contributed by atoms with Crippen molar-refractivity contribution < 1.29 is 36.2 Å². The van der Waals surface area contributed by atoms with Crippen molar-refractivity contribution in [3.05, 3.63) is 12.2 Å². The summed E-state index contributed by atoms with van der Waals surface area (Å²) in [4.78, 5) is 0. The van der Waals surface area contributed by atoms with Crippen molar-refractivity contribution in [1.29, 1.82) is 0 Å². The minimum atomic E-state index is -5.94. The molecule has 112 valence electrons. The van der Waals surface area contributed by atoms with E-state index in [0.717, 1.165) is 0 Å². The molecule has 19 heavy (non-hydrogen) atoms. The van der Waals surface area contributed by atoms with Crippen molar-refractivity contribution in [2.45, 2.75) is 50.4 Å². The molecule has 0 radical (unpaired) electrons. The predicted molar refractivity (Wildman–Crippen MR) is 54.1 cm³/mol. The van der Waals surface area contributed by atoms with Crippen LogP contribution in [0.1, 0.15) is 26.2 Å². The highest BCUT2D eigenvalue weighted by Crippen LogP contribution is 2.46. The zero-order valence-corrected chi connectivity index (χ0v) is 10.1. The van der Waals surface area contributed by atoms with Crippen LogP contribution in [0.15, 0.2) is 12.2 Å². The standard InChI is InChI=1S/C11H14F6O2/c1-2-4-7-5-3-6-8(7)19-9(18,10(12,13)14)11(15,16)17/h2,4,7-8,18H,3,5-6H2,1H3/b4-2-. The van der Waals surface area contributed by atoms with Gasteiger partial charge in [0.1, 0.15) is 0 Å². The Labute approximate surface area is 106 Å². The number of ether oxygens (including phenoxy) is 1. The lowest BCUT2D eigenvalue weighted by atomic mass is 10.0. The number of allylic oxidation sites excluding steroid dienone is 1. The molecule has 2 unspecified atom stereocenters. The Balaban J connectivity index is 2.97. The Morgan fingerprint density at radius 1 is 1.05 bits per heavy atom. The van der Waals surface area contributed by atoms with Crippen molar-refractivity contribution in [2.75, 3.05) is 0 Å². The molecule has 0 amide bonds. The maximum absolute atomic E-state index is 12.5. The van der Waals surface area contributed by atoms with Crippen LogP contribution in [0.25, 0.3) is 0 Å². The number of halogens is 6. The van der Waals surface area contributed by atoms with Gasteiger partial charge in [0.05, 0.1) is 6.10 Å². The predicted octanol–water partition coefficient (Wildman–Crippen LogP) is 3.56. The van der Waals surface area contributed by atoms with Crippen LogP contribution in [0, 0.1) is 5.92 Å². The average Bonchev–Trinajstić information content (AvgIpc) is 2.63. The van der Waals surface area contributed by atoms with E-state index in [1.54, 1.807) is 6.92 Å². The fourth-order valence-corrected chi connectivity index (χ4v) is 2.08. The number of alkyl halides is 6. The van der Waals surface area contributed by atoms with Crippen molar-refractivity contribution >= 4 is 0 Å². The summed E-state index contributed by atoms with van der Waals surface area (Å²) in [6, 6.07) is 0. The van der Waals surface area contributed by atoms with Crippen molar-refractivity contribution in [2.24, 2.45) is 5.92 Å². The third-order valence-corrected chi connectivity index (χ3v) is 3.03. The van der Waals surface area contributed by atoms with Gasteiger partial charge in [-0.3, -0.25) is 0 Å². The van der Waals surface area contributed by atoms with Gasteiger partial charge in [-0.15, -0.1) is 0 Å². The summed E-state index contributed by atoms with van der Waals surface area (Å²) in [6.45, 7) is 1.61. The molecule has 1 rings (SSSR count). The van der Waals surface area contributed by atoms with E-state index in [-0.39, 0.29) is 6.42 Å². The van der Waals surface area contributed by atoms with Crippen LogP contribution in [0.3, 0.4) is 0 Å². The Hall–Kier alpha value is -0.760. The molecule has 1 saturated carbocycles. The highest BCUT2D eigenvalue weighted by molar-refractivity contribution is 4.96. The van der Waals surface area contributed by atoms with Crippen LogP contribution in [0.2, 0.25) is 0 Å². The van der Waals surface area contributed by atoms with E-state index in [4.69, 9.17) is 5.11 Å². The van der Waals surface area contributed by atoms with Crippen LogP contribution >= 0.6 is 0 Å². The lowest BCUT2D eigenvalue weighted by Crippen LogP contribution is -2.60. The Kier molecular flexibility index (Phi) is 4.56. The summed E-state index contributed by atoms with van der Waals surface area (Å²) in [5.74, 6) is -5.67. The molecular weight excluding hydrogens is 278 g/mol. The zero-order chi connectivity index (χ0) is 14.9. The monoisotopic (exact) mass is 292 g/mol. The summed E-state index contributed by atoms with van der Waals surface area (Å²) in [6.07, 6.45) is -9.22. The summed E-state index contributed by atoms with van der Waals surface area (Å²) < 4.78 is 78.8. The van der Waals surface area contributed by atoms with Gasteiger partial charge in [0, 0.05) is 5.92 Å². The first-order valence-corrected chi connectivity index (χ1v) is 5.69. The molecule has 0 aromatic heterocycles. The third kappa shape index (κ3) is 3.22. The average molecular weight is 292 g/mol. The molecule has 0 heterocycles. The lowest BCUT2D eigenvalue weighted by molar-refractivity contribution is -0.466. The largest absolute Gasteiger partial charge is 0.453 e. The van der Waals surface area contributed by atoms with Crippen molar-refractivity contribution in [1.82, 2.24) is 0 Å². The van der Waals surface area contributed by atoms with Crippen LogP contribution in [-0.2, 0) is 4.74 Å². The number of rotatable bonds is 3. The molecule has 0 aromatic rings. The highest BCUT2D eigenvalue weighted by atomic mass is 19.4. The summed E-state index contributed by atoms with van der Waals surface area (Å²) in [5.41, 5.74) is 0. The van der Waals surface area contributed by atoms with E-state index in [1.165, 1.54) is 12.2 Å². The minimum Gasteiger partial charge on any atom is -0.351 e. The molecule has 1 aliphatic rings. The van der Waals surface area contributed by atoms with E-state index in [0.29, 0.717) is 12.8 Å². The lowest BCUT2D eigenvalue weighted by Gasteiger charge is -2.35. The van der Waals surface area contributed by atoms with Crippen molar-refractivity contribution in [3.8, 4) is 0 Å². The maximum Gasteiger partial charge on any atom is 0.453 e. The number of hydrogen-bond donors (Lipinski definition) is 1. The van der Waals surface area contributed by atoms with Gasteiger partial charge in [-0.1, -0.05) is 18.6 Å². The topological polar surface area (TPSA) is 29.5 Å². The molecular formula is C11H14F6O2. The van der Waals surface area contributed by atoms with Crippen LogP contribution in [0.5, 0.6) is 0 Å². The fourth-order valence-electron chi connectivity index (χ4n) is 2.08. The van der Waals surface area contributed by atoms with E-state index in [1.807, 2.05) is 0 Å². The van der Waals surface area contributed by atoms with Crippen LogP contribution in [-0.4, -0.2) is 29.4 Å². The normalized spacial score (nSPS) is 26.3. The molecule has 0 bridgehead atoms. The van der Waals surface area contributed by atoms with Gasteiger partial charge in [0.2, 0.25) is 0 Å². The first kappa shape index (κ1) is 16.3. The smallest absolute Gasteiger partial charge is 0.351 e. The van der Waals surface area contributed by atoms with E-state index < -0.39 is 30.2 Å². The second-order valence-electron chi connectivity index (χ2n) is 4.42. The molecule has 0 spiro atoms. The molecule has 1 aliphatic carbocycles. The quantitative estimate of drug-likeness (QED) is 0.489. The molecule has 1 N–H and O–H groups in total. The summed E-state index contributed by atoms with van der Waals surface area (Å²) >= 11 is 0. The maximum atomic E-state index is 12.5. The van der Waals surface area contributed by atoms with E-state index >= 15 is 0 Å². The molecule has 2 nitrogen and oxygen atoms in total. The van der Waals surface area contributed by atoms with Crippen LogP contribution < -0.4 is 0 Å². The molecule has 0 aromatic carbocycles. The van der Waals surface area contributed by atoms with E-state index in [9.17, 15) is 26.3 Å². The molecule has 0 saturated heterocycles.